The lowest BCUT2D eigenvalue weighted by atomic mass is 10.1. The molecular weight excluding hydrogens is 144 g/mol. The van der Waals surface area contributed by atoms with E-state index in [1.165, 1.54) is 0 Å². The second-order valence-corrected chi connectivity index (χ2v) is 2.44. The van der Waals surface area contributed by atoms with Gasteiger partial charge < -0.3 is 0 Å². The Morgan fingerprint density at radius 1 is 1.73 bits per heavy atom. The molecule has 1 unspecified atom stereocenters. The summed E-state index contributed by atoms with van der Waals surface area (Å²) in [4.78, 5) is 9.89. The second-order valence-electron chi connectivity index (χ2n) is 2.44. The molecule has 0 saturated heterocycles. The lowest BCUT2D eigenvalue weighted by molar-refractivity contribution is -0.522. The second kappa shape index (κ2) is 5.66. The van der Waals surface area contributed by atoms with Gasteiger partial charge in [-0.3, -0.25) is 10.1 Å². The van der Waals surface area contributed by atoms with Crippen molar-refractivity contribution in [2.75, 3.05) is 0 Å². The summed E-state index contributed by atoms with van der Waals surface area (Å²) in [6.07, 6.45) is 2.33. The first-order chi connectivity index (χ1) is 5.22. The Balaban J connectivity index is 3.72. The smallest absolute Gasteiger partial charge is 0.226 e. The first-order valence-corrected chi connectivity index (χ1v) is 3.72. The van der Waals surface area contributed by atoms with Crippen LogP contribution >= 0.6 is 0 Å². The molecule has 0 fully saturated rings. The van der Waals surface area contributed by atoms with Gasteiger partial charge in [0.05, 0.1) is 6.07 Å². The molecule has 0 spiro atoms. The van der Waals surface area contributed by atoms with Gasteiger partial charge in [-0.2, -0.15) is 5.26 Å². The van der Waals surface area contributed by atoms with Crippen molar-refractivity contribution in [1.29, 1.82) is 5.26 Å². The van der Waals surface area contributed by atoms with E-state index in [1.54, 1.807) is 0 Å². The van der Waals surface area contributed by atoms with E-state index in [0.717, 1.165) is 12.8 Å². The van der Waals surface area contributed by atoms with Crippen molar-refractivity contribution in [3.63, 3.8) is 0 Å². The topological polar surface area (TPSA) is 66.9 Å². The average Bonchev–Trinajstić information content (AvgIpc) is 1.97. The standard InChI is InChI=1S/C7H12N2O2/c1-2-3-4-7(5-6-8)9(10)11/h7H,2-5H2,1H3. The molecule has 0 amide bonds. The van der Waals surface area contributed by atoms with Gasteiger partial charge >= 0.3 is 0 Å². The molecule has 0 aromatic heterocycles. The molecule has 0 aromatic rings. The Morgan fingerprint density at radius 2 is 2.36 bits per heavy atom. The van der Waals surface area contributed by atoms with Crippen molar-refractivity contribution in [2.45, 2.75) is 38.6 Å². The first kappa shape index (κ1) is 9.89. The zero-order valence-electron chi connectivity index (χ0n) is 6.62. The van der Waals surface area contributed by atoms with Crippen molar-refractivity contribution >= 4 is 0 Å². The van der Waals surface area contributed by atoms with Gasteiger partial charge in [-0.05, 0) is 6.42 Å². The minimum absolute atomic E-state index is 0.0347. The Labute approximate surface area is 66.0 Å². The van der Waals surface area contributed by atoms with Crippen molar-refractivity contribution in [3.8, 4) is 6.07 Å². The molecule has 0 heterocycles. The molecule has 4 nitrogen and oxygen atoms in total. The fourth-order valence-corrected chi connectivity index (χ4v) is 0.827. The van der Waals surface area contributed by atoms with Crippen LogP contribution in [0.2, 0.25) is 0 Å². The highest BCUT2D eigenvalue weighted by Gasteiger charge is 2.17. The van der Waals surface area contributed by atoms with Gasteiger partial charge in [-0.25, -0.2) is 0 Å². The molecule has 0 bridgehead atoms. The molecule has 0 rings (SSSR count). The number of hydrogen-bond acceptors (Lipinski definition) is 3. The number of nitro groups is 1. The summed E-state index contributed by atoms with van der Waals surface area (Å²) in [6, 6.07) is 1.16. The van der Waals surface area contributed by atoms with E-state index in [9.17, 15) is 10.1 Å². The zero-order valence-corrected chi connectivity index (χ0v) is 6.62. The van der Waals surface area contributed by atoms with E-state index >= 15 is 0 Å². The van der Waals surface area contributed by atoms with Crippen molar-refractivity contribution < 1.29 is 4.92 Å². The molecule has 0 radical (unpaired) electrons. The fraction of sp³-hybridized carbons (Fsp3) is 0.857. The summed E-state index contributed by atoms with van der Waals surface area (Å²) < 4.78 is 0. The molecule has 0 aliphatic rings. The predicted molar refractivity (Wildman–Crippen MR) is 40.5 cm³/mol. The van der Waals surface area contributed by atoms with E-state index in [0.29, 0.717) is 6.42 Å². The third-order valence-electron chi connectivity index (χ3n) is 1.52. The van der Waals surface area contributed by atoms with Crippen LogP contribution in [0.4, 0.5) is 0 Å². The van der Waals surface area contributed by atoms with Gasteiger partial charge in [-0.15, -0.1) is 0 Å². The molecule has 1 atom stereocenters. The van der Waals surface area contributed by atoms with Gasteiger partial charge in [0.25, 0.3) is 0 Å². The molecule has 11 heavy (non-hydrogen) atoms. The molecule has 4 heteroatoms. The van der Waals surface area contributed by atoms with E-state index in [4.69, 9.17) is 5.26 Å². The minimum atomic E-state index is -0.653. The summed E-state index contributed by atoms with van der Waals surface area (Å²) in [5.41, 5.74) is 0. The largest absolute Gasteiger partial charge is 0.264 e. The van der Waals surface area contributed by atoms with E-state index in [2.05, 4.69) is 0 Å². The average molecular weight is 156 g/mol. The van der Waals surface area contributed by atoms with Gasteiger partial charge in [0.15, 0.2) is 0 Å². The van der Waals surface area contributed by atoms with Crippen LogP contribution in [0.3, 0.4) is 0 Å². The highest BCUT2D eigenvalue weighted by atomic mass is 16.6. The van der Waals surface area contributed by atoms with Crippen LogP contribution < -0.4 is 0 Å². The quantitative estimate of drug-likeness (QED) is 0.449. The predicted octanol–water partition coefficient (Wildman–Crippen LogP) is 1.74. The van der Waals surface area contributed by atoms with E-state index < -0.39 is 6.04 Å². The minimum Gasteiger partial charge on any atom is -0.264 e. The summed E-state index contributed by atoms with van der Waals surface area (Å²) in [5.74, 6) is 0. The van der Waals surface area contributed by atoms with Crippen LogP contribution in [0, 0.1) is 21.4 Å². The van der Waals surface area contributed by atoms with Crippen LogP contribution in [0.15, 0.2) is 0 Å². The van der Waals surface area contributed by atoms with Crippen LogP contribution in [-0.2, 0) is 0 Å². The highest BCUT2D eigenvalue weighted by molar-refractivity contribution is 4.75. The SMILES string of the molecule is CCCCC(CC#N)[N+](=O)[O-]. The molecular formula is C7H12N2O2. The molecule has 0 saturated carbocycles. The third kappa shape index (κ3) is 4.31. The summed E-state index contributed by atoms with van der Waals surface area (Å²) in [5, 5.41) is 18.5. The van der Waals surface area contributed by atoms with Gasteiger partial charge in [-0.1, -0.05) is 13.3 Å². The number of nitrogens with zero attached hydrogens (tertiary/aromatic N) is 2. The summed E-state index contributed by atoms with van der Waals surface area (Å²) in [7, 11) is 0. The van der Waals surface area contributed by atoms with Crippen LogP contribution in [0.25, 0.3) is 0 Å². The normalized spacial score (nSPS) is 12.0. The van der Waals surface area contributed by atoms with Gasteiger partial charge in [0.2, 0.25) is 6.04 Å². The van der Waals surface area contributed by atoms with Gasteiger partial charge in [0.1, 0.15) is 6.42 Å². The monoisotopic (exact) mass is 156 g/mol. The molecule has 0 N–H and O–H groups in total. The number of rotatable bonds is 5. The molecule has 62 valence electrons. The van der Waals surface area contributed by atoms with Crippen molar-refractivity contribution in [1.82, 2.24) is 0 Å². The number of nitriles is 1. The molecule has 0 aromatic carbocycles. The first-order valence-electron chi connectivity index (χ1n) is 3.72. The molecule has 0 aliphatic heterocycles. The summed E-state index contributed by atoms with van der Waals surface area (Å²) >= 11 is 0. The Hall–Kier alpha value is -1.11. The highest BCUT2D eigenvalue weighted by Crippen LogP contribution is 2.06. The van der Waals surface area contributed by atoms with Crippen LogP contribution in [0.1, 0.15) is 32.6 Å². The maximum atomic E-state index is 10.2. The zero-order chi connectivity index (χ0) is 8.69. The van der Waals surface area contributed by atoms with Gasteiger partial charge in [0, 0.05) is 11.3 Å². The maximum Gasteiger partial charge on any atom is 0.226 e. The van der Waals surface area contributed by atoms with E-state index in [1.807, 2.05) is 13.0 Å². The Morgan fingerprint density at radius 3 is 2.73 bits per heavy atom. The lowest BCUT2D eigenvalue weighted by Gasteiger charge is -2.02. The lowest BCUT2D eigenvalue weighted by Crippen LogP contribution is -2.18. The fourth-order valence-electron chi connectivity index (χ4n) is 0.827. The van der Waals surface area contributed by atoms with Crippen molar-refractivity contribution in [2.24, 2.45) is 0 Å². The van der Waals surface area contributed by atoms with E-state index in [-0.39, 0.29) is 11.3 Å². The van der Waals surface area contributed by atoms with Crippen LogP contribution in [-0.4, -0.2) is 11.0 Å². The molecule has 0 aliphatic carbocycles. The number of hydrogen-bond donors (Lipinski definition) is 0. The number of unbranched alkanes of at least 4 members (excludes halogenated alkanes) is 1. The summed E-state index contributed by atoms with van der Waals surface area (Å²) in [6.45, 7) is 1.98. The Kier molecular flexibility index (Phi) is 5.09. The Bertz CT molecular complexity index is 162. The van der Waals surface area contributed by atoms with Crippen LogP contribution in [0.5, 0.6) is 0 Å². The maximum absolute atomic E-state index is 10.2. The third-order valence-corrected chi connectivity index (χ3v) is 1.52. The van der Waals surface area contributed by atoms with Crippen molar-refractivity contribution in [3.05, 3.63) is 10.1 Å².